The van der Waals surface area contributed by atoms with E-state index in [1.807, 2.05) is 25.1 Å². The number of rotatable bonds is 3. The predicted octanol–water partition coefficient (Wildman–Crippen LogP) is 1.69. The SMILES string of the molecule is Cc1nc2cc(CC3(CO)COC3)ccc2o1. The van der Waals surface area contributed by atoms with Crippen molar-refractivity contribution in [3.8, 4) is 0 Å². The average Bonchev–Trinajstić information content (AvgIpc) is 2.63. The van der Waals surface area contributed by atoms with Gasteiger partial charge in [-0.2, -0.15) is 0 Å². The van der Waals surface area contributed by atoms with Crippen molar-refractivity contribution < 1.29 is 14.3 Å². The van der Waals surface area contributed by atoms with E-state index in [0.29, 0.717) is 19.1 Å². The van der Waals surface area contributed by atoms with Crippen LogP contribution in [0, 0.1) is 12.3 Å². The molecule has 0 atom stereocenters. The summed E-state index contributed by atoms with van der Waals surface area (Å²) >= 11 is 0. The van der Waals surface area contributed by atoms with Crippen LogP contribution < -0.4 is 0 Å². The van der Waals surface area contributed by atoms with Crippen LogP contribution in [0.5, 0.6) is 0 Å². The van der Waals surface area contributed by atoms with Crippen LogP contribution in [0.1, 0.15) is 11.5 Å². The molecule has 1 aromatic heterocycles. The van der Waals surface area contributed by atoms with Gasteiger partial charge in [-0.05, 0) is 24.1 Å². The van der Waals surface area contributed by atoms with Crippen LogP contribution in [0.4, 0.5) is 0 Å². The number of nitrogens with zero attached hydrogens (tertiary/aromatic N) is 1. The molecular weight excluding hydrogens is 218 g/mol. The van der Waals surface area contributed by atoms with E-state index in [0.717, 1.165) is 17.5 Å². The molecule has 0 saturated carbocycles. The molecule has 4 nitrogen and oxygen atoms in total. The fraction of sp³-hybridized carbons (Fsp3) is 0.462. The number of fused-ring (bicyclic) bond motifs is 1. The van der Waals surface area contributed by atoms with Crippen LogP contribution in [0.25, 0.3) is 11.1 Å². The molecule has 3 rings (SSSR count). The van der Waals surface area contributed by atoms with E-state index in [2.05, 4.69) is 4.98 Å². The zero-order valence-corrected chi connectivity index (χ0v) is 9.77. The minimum Gasteiger partial charge on any atom is -0.441 e. The van der Waals surface area contributed by atoms with Crippen molar-refractivity contribution >= 4 is 11.1 Å². The van der Waals surface area contributed by atoms with Crippen molar-refractivity contribution in [2.24, 2.45) is 5.41 Å². The molecule has 1 N–H and O–H groups in total. The van der Waals surface area contributed by atoms with Crippen molar-refractivity contribution in [2.45, 2.75) is 13.3 Å². The maximum Gasteiger partial charge on any atom is 0.192 e. The van der Waals surface area contributed by atoms with E-state index in [-0.39, 0.29) is 12.0 Å². The highest BCUT2D eigenvalue weighted by Crippen LogP contribution is 2.32. The topological polar surface area (TPSA) is 55.5 Å². The van der Waals surface area contributed by atoms with Gasteiger partial charge in [0.2, 0.25) is 0 Å². The number of hydrogen-bond acceptors (Lipinski definition) is 4. The Labute approximate surface area is 99.2 Å². The maximum absolute atomic E-state index is 9.40. The van der Waals surface area contributed by atoms with Gasteiger partial charge in [0.25, 0.3) is 0 Å². The molecule has 90 valence electrons. The first-order valence-corrected chi connectivity index (χ1v) is 5.75. The van der Waals surface area contributed by atoms with Gasteiger partial charge in [-0.1, -0.05) is 6.07 Å². The Hall–Kier alpha value is -1.39. The Bertz CT molecular complexity index is 537. The summed E-state index contributed by atoms with van der Waals surface area (Å²) in [7, 11) is 0. The number of oxazole rings is 1. The number of aromatic nitrogens is 1. The summed E-state index contributed by atoms with van der Waals surface area (Å²) in [4.78, 5) is 4.31. The normalized spacial score (nSPS) is 18.2. The van der Waals surface area contributed by atoms with E-state index in [9.17, 15) is 5.11 Å². The van der Waals surface area contributed by atoms with Gasteiger partial charge < -0.3 is 14.3 Å². The highest BCUT2D eigenvalue weighted by atomic mass is 16.5. The van der Waals surface area contributed by atoms with E-state index >= 15 is 0 Å². The average molecular weight is 233 g/mol. The number of hydrogen-bond donors (Lipinski definition) is 1. The molecule has 2 heterocycles. The molecule has 2 aromatic rings. The van der Waals surface area contributed by atoms with Crippen molar-refractivity contribution in [3.63, 3.8) is 0 Å². The lowest BCUT2D eigenvalue weighted by Crippen LogP contribution is -2.47. The monoisotopic (exact) mass is 233 g/mol. The molecule has 0 amide bonds. The number of aryl methyl sites for hydroxylation is 1. The lowest BCUT2D eigenvalue weighted by Gasteiger charge is -2.40. The molecular formula is C13H15NO3. The van der Waals surface area contributed by atoms with Gasteiger partial charge in [0, 0.05) is 12.3 Å². The van der Waals surface area contributed by atoms with Crippen LogP contribution in [-0.2, 0) is 11.2 Å². The van der Waals surface area contributed by atoms with Crippen molar-refractivity contribution in [3.05, 3.63) is 29.7 Å². The summed E-state index contributed by atoms with van der Waals surface area (Å²) in [5.41, 5.74) is 2.78. The van der Waals surface area contributed by atoms with Gasteiger partial charge in [-0.3, -0.25) is 0 Å². The summed E-state index contributed by atoms with van der Waals surface area (Å²) in [6.07, 6.45) is 0.825. The second-order valence-electron chi connectivity index (χ2n) is 4.86. The number of aliphatic hydroxyl groups excluding tert-OH is 1. The lowest BCUT2D eigenvalue weighted by atomic mass is 9.80. The Morgan fingerprint density at radius 2 is 2.24 bits per heavy atom. The molecule has 0 unspecified atom stereocenters. The van der Waals surface area contributed by atoms with Gasteiger partial charge in [0.05, 0.1) is 19.8 Å². The van der Waals surface area contributed by atoms with E-state index in [1.54, 1.807) is 0 Å². The predicted molar refractivity (Wildman–Crippen MR) is 62.8 cm³/mol. The summed E-state index contributed by atoms with van der Waals surface area (Å²) in [5, 5.41) is 9.40. The molecule has 1 fully saturated rings. The molecule has 0 radical (unpaired) electrons. The molecule has 1 aliphatic rings. The largest absolute Gasteiger partial charge is 0.441 e. The third-order valence-electron chi connectivity index (χ3n) is 3.29. The molecule has 0 aliphatic carbocycles. The molecule has 0 bridgehead atoms. The fourth-order valence-corrected chi connectivity index (χ4v) is 2.27. The summed E-state index contributed by atoms with van der Waals surface area (Å²) < 4.78 is 10.6. The van der Waals surface area contributed by atoms with Crippen molar-refractivity contribution in [1.29, 1.82) is 0 Å². The molecule has 1 aliphatic heterocycles. The Morgan fingerprint density at radius 3 is 2.88 bits per heavy atom. The Balaban J connectivity index is 1.90. The molecule has 0 spiro atoms. The number of benzene rings is 1. The lowest BCUT2D eigenvalue weighted by molar-refractivity contribution is -0.135. The van der Waals surface area contributed by atoms with Crippen LogP contribution in [-0.4, -0.2) is 29.9 Å². The third kappa shape index (κ3) is 1.83. The zero-order valence-electron chi connectivity index (χ0n) is 9.77. The van der Waals surface area contributed by atoms with Gasteiger partial charge in [0.1, 0.15) is 5.52 Å². The highest BCUT2D eigenvalue weighted by Gasteiger charge is 2.38. The summed E-state index contributed by atoms with van der Waals surface area (Å²) in [6, 6.07) is 6.00. The van der Waals surface area contributed by atoms with Crippen LogP contribution in [0.15, 0.2) is 22.6 Å². The highest BCUT2D eigenvalue weighted by molar-refractivity contribution is 5.73. The first kappa shape index (κ1) is 10.7. The number of ether oxygens (including phenoxy) is 1. The summed E-state index contributed by atoms with van der Waals surface area (Å²) in [5.74, 6) is 0.681. The van der Waals surface area contributed by atoms with Crippen LogP contribution in [0.2, 0.25) is 0 Å². The maximum atomic E-state index is 9.40. The van der Waals surface area contributed by atoms with Gasteiger partial charge in [0.15, 0.2) is 11.5 Å². The number of aliphatic hydroxyl groups is 1. The Kier molecular flexibility index (Phi) is 2.42. The molecule has 17 heavy (non-hydrogen) atoms. The minimum absolute atomic E-state index is 0.0908. The summed E-state index contributed by atoms with van der Waals surface area (Å²) in [6.45, 7) is 3.29. The second-order valence-corrected chi connectivity index (χ2v) is 4.86. The molecule has 1 aromatic carbocycles. The van der Waals surface area contributed by atoms with Crippen LogP contribution in [0.3, 0.4) is 0 Å². The van der Waals surface area contributed by atoms with E-state index in [1.165, 1.54) is 5.56 Å². The van der Waals surface area contributed by atoms with Gasteiger partial charge in [-0.25, -0.2) is 4.98 Å². The smallest absolute Gasteiger partial charge is 0.192 e. The standard InChI is InChI=1S/C13H15NO3/c1-9-14-11-4-10(2-3-12(11)17-9)5-13(6-15)7-16-8-13/h2-4,15H,5-8H2,1H3. The first-order valence-electron chi connectivity index (χ1n) is 5.75. The van der Waals surface area contributed by atoms with Crippen molar-refractivity contribution in [1.82, 2.24) is 4.98 Å². The van der Waals surface area contributed by atoms with Crippen molar-refractivity contribution in [2.75, 3.05) is 19.8 Å². The zero-order chi connectivity index (χ0) is 11.9. The first-order chi connectivity index (χ1) is 8.21. The van der Waals surface area contributed by atoms with Crippen LogP contribution >= 0.6 is 0 Å². The minimum atomic E-state index is -0.0908. The molecule has 1 saturated heterocycles. The third-order valence-corrected chi connectivity index (χ3v) is 3.29. The van der Waals surface area contributed by atoms with E-state index < -0.39 is 0 Å². The molecule has 4 heteroatoms. The Morgan fingerprint density at radius 1 is 1.41 bits per heavy atom. The quantitative estimate of drug-likeness (QED) is 0.876. The van der Waals surface area contributed by atoms with Gasteiger partial charge in [-0.15, -0.1) is 0 Å². The fourth-order valence-electron chi connectivity index (χ4n) is 2.27. The van der Waals surface area contributed by atoms with E-state index in [4.69, 9.17) is 9.15 Å². The second kappa shape index (κ2) is 3.82. The van der Waals surface area contributed by atoms with Gasteiger partial charge >= 0.3 is 0 Å².